The fraction of sp³-hybridized carbons (Fsp3) is 0.571. The Morgan fingerprint density at radius 2 is 1.83 bits per heavy atom. The molecule has 1 aromatic carbocycles. The molecule has 3 heteroatoms. The van der Waals surface area contributed by atoms with Crippen LogP contribution in [-0.2, 0) is 6.54 Å². The number of nitrogens with zero attached hydrogens (tertiary/aromatic N) is 1. The highest BCUT2D eigenvalue weighted by molar-refractivity contribution is 6.20. The number of Topliss-reactive ketones (excluding diaryl/α,β-unsaturated/α-hetero) is 1. The predicted molar refractivity (Wildman–Crippen MR) is 102 cm³/mol. The monoisotopic (exact) mass is 345 g/mol. The van der Waals surface area contributed by atoms with Gasteiger partial charge in [-0.3, -0.25) is 4.79 Å². The third-order valence-electron chi connectivity index (χ3n) is 6.34. The topological polar surface area (TPSA) is 22.0 Å². The van der Waals surface area contributed by atoms with Crippen molar-refractivity contribution < 1.29 is 4.79 Å². The van der Waals surface area contributed by atoms with Crippen molar-refractivity contribution in [3.63, 3.8) is 0 Å². The number of para-hydroxylation sites is 1. The molecule has 0 radical (unpaired) electrons. The fourth-order valence-electron chi connectivity index (χ4n) is 4.18. The van der Waals surface area contributed by atoms with Crippen molar-refractivity contribution >= 4 is 28.3 Å². The van der Waals surface area contributed by atoms with E-state index in [-0.39, 0.29) is 22.1 Å². The quantitative estimate of drug-likeness (QED) is 0.471. The smallest absolute Gasteiger partial charge is 0.169 e. The van der Waals surface area contributed by atoms with Crippen LogP contribution in [0.3, 0.4) is 0 Å². The van der Waals surface area contributed by atoms with Gasteiger partial charge in [0, 0.05) is 40.5 Å². The molecule has 0 aliphatic heterocycles. The van der Waals surface area contributed by atoms with E-state index in [2.05, 4.69) is 50.6 Å². The van der Waals surface area contributed by atoms with Gasteiger partial charge in [0.15, 0.2) is 5.78 Å². The Labute approximate surface area is 150 Å². The summed E-state index contributed by atoms with van der Waals surface area (Å²) in [5.41, 5.74) is 2.18. The lowest BCUT2D eigenvalue weighted by Crippen LogP contribution is -2.07. The summed E-state index contributed by atoms with van der Waals surface area (Å²) < 4.78 is 2.23. The van der Waals surface area contributed by atoms with Crippen molar-refractivity contribution in [3.05, 3.63) is 36.0 Å². The first-order valence-corrected chi connectivity index (χ1v) is 9.37. The number of hydrogen-bond donors (Lipinski definition) is 0. The van der Waals surface area contributed by atoms with Gasteiger partial charge in [-0.15, -0.1) is 11.6 Å². The summed E-state index contributed by atoms with van der Waals surface area (Å²) in [6, 6.07) is 8.25. The molecule has 0 amide bonds. The number of carbonyl (C=O) groups is 1. The molecular weight excluding hydrogens is 318 g/mol. The molecule has 1 aliphatic carbocycles. The lowest BCUT2D eigenvalue weighted by atomic mass is 10.0. The van der Waals surface area contributed by atoms with Crippen molar-refractivity contribution in [1.82, 2.24) is 4.57 Å². The van der Waals surface area contributed by atoms with Gasteiger partial charge in [0.05, 0.1) is 0 Å². The molecule has 3 rings (SSSR count). The summed E-state index contributed by atoms with van der Waals surface area (Å²) in [4.78, 5) is 13.2. The maximum absolute atomic E-state index is 13.2. The summed E-state index contributed by atoms with van der Waals surface area (Å²) in [6.07, 6.45) is 4.08. The number of hydrogen-bond acceptors (Lipinski definition) is 1. The van der Waals surface area contributed by atoms with Gasteiger partial charge in [-0.1, -0.05) is 45.9 Å². The van der Waals surface area contributed by atoms with E-state index in [0.717, 1.165) is 35.9 Å². The molecular formula is C21H28ClNO. The number of alkyl halides is 1. The summed E-state index contributed by atoms with van der Waals surface area (Å²) >= 11 is 6.07. The minimum absolute atomic E-state index is 0.0708. The molecule has 2 nitrogen and oxygen atoms in total. The molecule has 0 saturated heterocycles. The first kappa shape index (κ1) is 17.5. The molecule has 0 N–H and O–H groups in total. The van der Waals surface area contributed by atoms with E-state index in [1.807, 2.05) is 19.1 Å². The van der Waals surface area contributed by atoms with E-state index in [9.17, 15) is 4.79 Å². The second-order valence-electron chi connectivity index (χ2n) is 8.42. The number of ketones is 1. The number of aromatic nitrogens is 1. The van der Waals surface area contributed by atoms with Crippen molar-refractivity contribution in [3.8, 4) is 0 Å². The normalized spacial score (nSPS) is 20.2. The van der Waals surface area contributed by atoms with E-state index in [1.54, 1.807) is 0 Å². The minimum atomic E-state index is 0.0708. The zero-order valence-electron chi connectivity index (χ0n) is 15.4. The first-order chi connectivity index (χ1) is 11.2. The second-order valence-corrected chi connectivity index (χ2v) is 9.16. The Balaban J connectivity index is 1.93. The maximum atomic E-state index is 13.2. The van der Waals surface area contributed by atoms with Gasteiger partial charge in [0.1, 0.15) is 0 Å². The highest BCUT2D eigenvalue weighted by Gasteiger charge is 2.68. The molecule has 1 aromatic heterocycles. The van der Waals surface area contributed by atoms with Gasteiger partial charge in [0.2, 0.25) is 0 Å². The van der Waals surface area contributed by atoms with Gasteiger partial charge in [0.25, 0.3) is 0 Å². The molecule has 1 fully saturated rings. The van der Waals surface area contributed by atoms with Gasteiger partial charge in [-0.25, -0.2) is 0 Å². The summed E-state index contributed by atoms with van der Waals surface area (Å²) in [7, 11) is 0. The van der Waals surface area contributed by atoms with Crippen LogP contribution >= 0.6 is 11.6 Å². The Bertz CT molecular complexity index is 755. The second kappa shape index (κ2) is 5.91. The average Bonchev–Trinajstić information content (AvgIpc) is 2.80. The van der Waals surface area contributed by atoms with Crippen molar-refractivity contribution in [1.29, 1.82) is 0 Å². The molecule has 1 aliphatic rings. The summed E-state index contributed by atoms with van der Waals surface area (Å²) in [6.45, 7) is 11.8. The van der Waals surface area contributed by atoms with Crippen molar-refractivity contribution in [2.24, 2.45) is 16.7 Å². The van der Waals surface area contributed by atoms with Crippen LogP contribution < -0.4 is 0 Å². The first-order valence-electron chi connectivity index (χ1n) is 8.94. The average molecular weight is 346 g/mol. The van der Waals surface area contributed by atoms with Crippen LogP contribution in [0.5, 0.6) is 0 Å². The number of halogens is 1. The van der Waals surface area contributed by atoms with Crippen LogP contribution in [0.2, 0.25) is 0 Å². The molecule has 1 saturated carbocycles. The maximum Gasteiger partial charge on any atom is 0.169 e. The van der Waals surface area contributed by atoms with Crippen molar-refractivity contribution in [2.45, 2.75) is 59.4 Å². The molecule has 1 atom stereocenters. The Hall–Kier alpha value is -1.28. The standard InChI is InChI=1S/C21H28ClNO/c1-14(22)9-8-12-23-13-16(15-10-6-7-11-17(15)23)18(24)19-20(2,3)21(19,4)5/h6-7,10-11,13-14,19H,8-9,12H2,1-5H3/t14-/m1/s1. The molecule has 0 bridgehead atoms. The third kappa shape index (κ3) is 2.69. The Kier molecular flexibility index (Phi) is 4.32. The van der Waals surface area contributed by atoms with Gasteiger partial charge >= 0.3 is 0 Å². The van der Waals surface area contributed by atoms with Crippen LogP contribution in [0, 0.1) is 16.7 Å². The van der Waals surface area contributed by atoms with E-state index in [0.29, 0.717) is 5.78 Å². The van der Waals surface area contributed by atoms with E-state index in [1.165, 1.54) is 0 Å². The van der Waals surface area contributed by atoms with Gasteiger partial charge in [-0.2, -0.15) is 0 Å². The molecule has 1 heterocycles. The highest BCUT2D eigenvalue weighted by atomic mass is 35.5. The summed E-state index contributed by atoms with van der Waals surface area (Å²) in [5.74, 6) is 0.401. The number of carbonyl (C=O) groups excluding carboxylic acids is 1. The highest BCUT2D eigenvalue weighted by Crippen LogP contribution is 2.69. The van der Waals surface area contributed by atoms with E-state index >= 15 is 0 Å². The van der Waals surface area contributed by atoms with Crippen molar-refractivity contribution in [2.75, 3.05) is 0 Å². The number of benzene rings is 1. The van der Waals surface area contributed by atoms with Crippen LogP contribution in [0.15, 0.2) is 30.5 Å². The minimum Gasteiger partial charge on any atom is -0.347 e. The van der Waals surface area contributed by atoms with Crippen LogP contribution in [0.4, 0.5) is 0 Å². The largest absolute Gasteiger partial charge is 0.347 e. The van der Waals surface area contributed by atoms with Crippen LogP contribution in [0.25, 0.3) is 10.9 Å². The van der Waals surface area contributed by atoms with Crippen LogP contribution in [0.1, 0.15) is 57.8 Å². The molecule has 2 aromatic rings. The fourth-order valence-corrected chi connectivity index (χ4v) is 4.33. The lowest BCUT2D eigenvalue weighted by Gasteiger charge is -2.06. The predicted octanol–water partition coefficient (Wildman–Crippen LogP) is 5.91. The lowest BCUT2D eigenvalue weighted by molar-refractivity contribution is 0.0946. The SMILES string of the molecule is C[C@@H](Cl)CCCn1cc(C(=O)C2C(C)(C)C2(C)C)c2ccccc21. The number of fused-ring (bicyclic) bond motifs is 1. The van der Waals surface area contributed by atoms with E-state index < -0.39 is 0 Å². The third-order valence-corrected chi connectivity index (χ3v) is 6.56. The summed E-state index contributed by atoms with van der Waals surface area (Å²) in [5, 5.41) is 1.28. The molecule has 0 spiro atoms. The van der Waals surface area contributed by atoms with E-state index in [4.69, 9.17) is 11.6 Å². The zero-order chi connectivity index (χ0) is 17.7. The molecule has 130 valence electrons. The molecule has 24 heavy (non-hydrogen) atoms. The van der Waals surface area contributed by atoms with Crippen LogP contribution in [-0.4, -0.2) is 15.7 Å². The Morgan fingerprint density at radius 3 is 2.42 bits per heavy atom. The molecule has 0 unspecified atom stereocenters. The number of aryl methyl sites for hydroxylation is 1. The Morgan fingerprint density at radius 1 is 1.21 bits per heavy atom. The number of rotatable bonds is 6. The van der Waals surface area contributed by atoms with Gasteiger partial charge in [-0.05, 0) is 36.7 Å². The van der Waals surface area contributed by atoms with Gasteiger partial charge < -0.3 is 4.57 Å². The zero-order valence-corrected chi connectivity index (χ0v) is 16.2.